The number of likely N-dealkylation sites (tertiary alicyclic amines) is 1. The highest BCUT2D eigenvalue weighted by Gasteiger charge is 2.25. The lowest BCUT2D eigenvalue weighted by molar-refractivity contribution is -0.132. The average Bonchev–Trinajstić information content (AvgIpc) is 3.15. The zero-order chi connectivity index (χ0) is 17.9. The Kier molecular flexibility index (Phi) is 4.65. The van der Waals surface area contributed by atoms with Crippen molar-refractivity contribution in [3.05, 3.63) is 59.7 Å². The molecule has 0 radical (unpaired) electrons. The summed E-state index contributed by atoms with van der Waals surface area (Å²) in [6, 6.07) is 10.7. The molecule has 2 aromatic heterocycles. The number of H-pyrrole nitrogens is 1. The first-order valence-corrected chi connectivity index (χ1v) is 9.02. The summed E-state index contributed by atoms with van der Waals surface area (Å²) in [4.78, 5) is 19.1. The highest BCUT2D eigenvalue weighted by atomic mass is 19.1. The van der Waals surface area contributed by atoms with Crippen molar-refractivity contribution in [2.45, 2.75) is 31.6 Å². The van der Waals surface area contributed by atoms with Crippen molar-refractivity contribution in [2.24, 2.45) is 0 Å². The topological polar surface area (TPSA) is 61.9 Å². The molecule has 1 N–H and O–H groups in total. The lowest BCUT2D eigenvalue weighted by Crippen LogP contribution is -2.39. The van der Waals surface area contributed by atoms with Crippen LogP contribution in [0.5, 0.6) is 0 Å². The predicted octanol–water partition coefficient (Wildman–Crippen LogP) is 3.44. The SMILES string of the molecule is O=C(CCc1ccccc1F)N1CCC[C@@H](c2ccc3cn[nH]c3n2)C1. The highest BCUT2D eigenvalue weighted by Crippen LogP contribution is 2.27. The van der Waals surface area contributed by atoms with Crippen LogP contribution in [0.4, 0.5) is 4.39 Å². The van der Waals surface area contributed by atoms with E-state index >= 15 is 0 Å². The normalized spacial score (nSPS) is 17.6. The van der Waals surface area contributed by atoms with Crippen molar-refractivity contribution in [2.75, 3.05) is 13.1 Å². The molecule has 1 amide bonds. The Balaban J connectivity index is 1.41. The van der Waals surface area contributed by atoms with Crippen LogP contribution in [0.2, 0.25) is 0 Å². The zero-order valence-corrected chi connectivity index (χ0v) is 14.5. The number of carbonyl (C=O) groups is 1. The van der Waals surface area contributed by atoms with Crippen LogP contribution < -0.4 is 0 Å². The van der Waals surface area contributed by atoms with Crippen molar-refractivity contribution in [3.63, 3.8) is 0 Å². The minimum absolute atomic E-state index is 0.0839. The maximum Gasteiger partial charge on any atom is 0.222 e. The molecule has 5 nitrogen and oxygen atoms in total. The number of pyridine rings is 1. The van der Waals surface area contributed by atoms with Gasteiger partial charge in [0.1, 0.15) is 5.82 Å². The fourth-order valence-electron chi connectivity index (χ4n) is 3.62. The third-order valence-electron chi connectivity index (χ3n) is 5.08. The minimum atomic E-state index is -0.242. The van der Waals surface area contributed by atoms with Gasteiger partial charge in [0, 0.05) is 36.5 Å². The van der Waals surface area contributed by atoms with Crippen LogP contribution in [0.1, 0.15) is 36.4 Å². The van der Waals surface area contributed by atoms with Gasteiger partial charge in [-0.3, -0.25) is 9.89 Å². The maximum atomic E-state index is 13.7. The first-order valence-electron chi connectivity index (χ1n) is 9.02. The number of hydrogen-bond donors (Lipinski definition) is 1. The number of aromatic amines is 1. The third-order valence-corrected chi connectivity index (χ3v) is 5.08. The number of fused-ring (bicyclic) bond motifs is 1. The predicted molar refractivity (Wildman–Crippen MR) is 97.2 cm³/mol. The van der Waals surface area contributed by atoms with Crippen molar-refractivity contribution < 1.29 is 9.18 Å². The molecule has 6 heteroatoms. The summed E-state index contributed by atoms with van der Waals surface area (Å²) in [5.74, 6) is 0.0725. The molecule has 1 aliphatic rings. The van der Waals surface area contributed by atoms with Gasteiger partial charge >= 0.3 is 0 Å². The number of nitrogens with one attached hydrogen (secondary N) is 1. The molecule has 1 aliphatic heterocycles. The average molecular weight is 352 g/mol. The molecule has 0 unspecified atom stereocenters. The van der Waals surface area contributed by atoms with Crippen molar-refractivity contribution >= 4 is 16.9 Å². The summed E-state index contributed by atoms with van der Waals surface area (Å²) < 4.78 is 13.7. The fraction of sp³-hybridized carbons (Fsp3) is 0.350. The number of benzene rings is 1. The second-order valence-electron chi connectivity index (χ2n) is 6.81. The molecule has 1 atom stereocenters. The summed E-state index contributed by atoms with van der Waals surface area (Å²) in [6.07, 6.45) is 4.50. The van der Waals surface area contributed by atoms with Crippen molar-refractivity contribution in [1.82, 2.24) is 20.1 Å². The summed E-state index contributed by atoms with van der Waals surface area (Å²) in [5.41, 5.74) is 2.37. The molecular formula is C20H21FN4O. The Labute approximate surface area is 151 Å². The van der Waals surface area contributed by atoms with E-state index in [1.807, 2.05) is 17.0 Å². The van der Waals surface area contributed by atoms with Gasteiger partial charge in [-0.25, -0.2) is 9.37 Å². The molecule has 0 spiro atoms. The molecule has 1 aromatic carbocycles. The number of piperidine rings is 1. The summed E-state index contributed by atoms with van der Waals surface area (Å²) in [7, 11) is 0. The first kappa shape index (κ1) is 16.7. The quantitative estimate of drug-likeness (QED) is 0.782. The maximum absolute atomic E-state index is 13.7. The second-order valence-corrected chi connectivity index (χ2v) is 6.81. The van der Waals surface area contributed by atoms with Crippen LogP contribution in [0.25, 0.3) is 11.0 Å². The monoisotopic (exact) mass is 352 g/mol. The molecular weight excluding hydrogens is 331 g/mol. The summed E-state index contributed by atoms with van der Waals surface area (Å²) in [5, 5.41) is 7.90. The first-order chi connectivity index (χ1) is 12.7. The van der Waals surface area contributed by atoms with E-state index < -0.39 is 0 Å². The van der Waals surface area contributed by atoms with Crippen LogP contribution in [0.15, 0.2) is 42.6 Å². The molecule has 0 aliphatic carbocycles. The summed E-state index contributed by atoms with van der Waals surface area (Å²) in [6.45, 7) is 1.43. The number of nitrogens with zero attached hydrogens (tertiary/aromatic N) is 3. The zero-order valence-electron chi connectivity index (χ0n) is 14.5. The van der Waals surface area contributed by atoms with Crippen LogP contribution in [-0.4, -0.2) is 39.1 Å². The van der Waals surface area contributed by atoms with Gasteiger partial charge in [0.25, 0.3) is 0 Å². The number of aryl methyl sites for hydroxylation is 1. The number of amides is 1. The molecule has 1 saturated heterocycles. The van der Waals surface area contributed by atoms with E-state index in [4.69, 9.17) is 0 Å². The van der Waals surface area contributed by atoms with Gasteiger partial charge in [0.05, 0.1) is 6.20 Å². The molecule has 134 valence electrons. The Bertz CT molecular complexity index is 923. The van der Waals surface area contributed by atoms with Gasteiger partial charge in [0.2, 0.25) is 5.91 Å². The Morgan fingerprint density at radius 1 is 1.27 bits per heavy atom. The number of rotatable bonds is 4. The van der Waals surface area contributed by atoms with Crippen LogP contribution in [0.3, 0.4) is 0 Å². The van der Waals surface area contributed by atoms with Gasteiger partial charge < -0.3 is 4.90 Å². The van der Waals surface area contributed by atoms with E-state index in [0.29, 0.717) is 24.9 Å². The van der Waals surface area contributed by atoms with Crippen molar-refractivity contribution in [3.8, 4) is 0 Å². The van der Waals surface area contributed by atoms with Gasteiger partial charge in [-0.2, -0.15) is 5.10 Å². The van der Waals surface area contributed by atoms with Crippen LogP contribution >= 0.6 is 0 Å². The molecule has 0 saturated carbocycles. The molecule has 1 fully saturated rings. The lowest BCUT2D eigenvalue weighted by atomic mass is 9.93. The van der Waals surface area contributed by atoms with E-state index in [1.54, 1.807) is 24.4 Å². The van der Waals surface area contributed by atoms with Gasteiger partial charge in [-0.15, -0.1) is 0 Å². The number of hydrogen-bond acceptors (Lipinski definition) is 3. The number of halogens is 1. The molecule has 26 heavy (non-hydrogen) atoms. The van der Waals surface area contributed by atoms with Crippen molar-refractivity contribution in [1.29, 1.82) is 0 Å². The van der Waals surface area contributed by atoms with Gasteiger partial charge in [-0.1, -0.05) is 18.2 Å². The standard InChI is InChI=1S/C20H21FN4O/c21-17-6-2-1-4-14(17)8-10-19(26)25-11-3-5-16(13-25)18-9-7-15-12-22-24-20(15)23-18/h1-2,4,6-7,9,12,16H,3,5,8,10-11,13H2,(H,22,23,24)/t16-/m1/s1. The summed E-state index contributed by atoms with van der Waals surface area (Å²) >= 11 is 0. The van der Waals surface area contributed by atoms with E-state index in [2.05, 4.69) is 15.2 Å². The molecule has 4 rings (SSSR count). The Hall–Kier alpha value is -2.76. The highest BCUT2D eigenvalue weighted by molar-refractivity contribution is 5.77. The Morgan fingerprint density at radius 3 is 3.04 bits per heavy atom. The molecule has 3 heterocycles. The Morgan fingerprint density at radius 2 is 2.15 bits per heavy atom. The van der Waals surface area contributed by atoms with E-state index in [-0.39, 0.29) is 17.6 Å². The van der Waals surface area contributed by atoms with E-state index in [0.717, 1.165) is 36.1 Å². The minimum Gasteiger partial charge on any atom is -0.342 e. The van der Waals surface area contributed by atoms with Crippen LogP contribution in [-0.2, 0) is 11.2 Å². The smallest absolute Gasteiger partial charge is 0.222 e. The molecule has 3 aromatic rings. The number of aromatic nitrogens is 3. The fourth-order valence-corrected chi connectivity index (χ4v) is 3.62. The second kappa shape index (κ2) is 7.23. The number of carbonyl (C=O) groups excluding carboxylic acids is 1. The van der Waals surface area contributed by atoms with E-state index in [9.17, 15) is 9.18 Å². The molecule has 0 bridgehead atoms. The van der Waals surface area contributed by atoms with E-state index in [1.165, 1.54) is 6.07 Å². The van der Waals surface area contributed by atoms with Crippen LogP contribution in [0, 0.1) is 5.82 Å². The third kappa shape index (κ3) is 3.45. The largest absolute Gasteiger partial charge is 0.342 e. The van der Waals surface area contributed by atoms with Gasteiger partial charge in [-0.05, 0) is 43.0 Å². The lowest BCUT2D eigenvalue weighted by Gasteiger charge is -2.32. The van der Waals surface area contributed by atoms with Gasteiger partial charge in [0.15, 0.2) is 5.65 Å².